The van der Waals surface area contributed by atoms with Crippen molar-refractivity contribution >= 4 is 16.9 Å². The number of carbonyl (C=O) groups is 1. The van der Waals surface area contributed by atoms with E-state index in [1.54, 1.807) is 25.2 Å². The smallest absolute Gasteiger partial charge is 0.351 e. The maximum absolute atomic E-state index is 13.6. The number of likely N-dealkylation sites (N-methyl/N-ethyl adjacent to an activating group) is 1. The number of aromatic amines is 1. The molecule has 3 unspecified atom stereocenters. The predicted molar refractivity (Wildman–Crippen MR) is 106 cm³/mol. The van der Waals surface area contributed by atoms with Crippen LogP contribution in [0.1, 0.15) is 36.1 Å². The second-order valence-corrected chi connectivity index (χ2v) is 8.58. The number of H-pyrrole nitrogens is 1. The lowest BCUT2D eigenvalue weighted by Crippen LogP contribution is -2.57. The van der Waals surface area contributed by atoms with Crippen LogP contribution in [0.3, 0.4) is 0 Å². The molecule has 176 valence electrons. The van der Waals surface area contributed by atoms with Crippen LogP contribution in [0.2, 0.25) is 0 Å². The van der Waals surface area contributed by atoms with E-state index in [2.05, 4.69) is 10.3 Å². The SMILES string of the molecule is CCN(CC(F)(F)F)C(=O)NC1CC2c3cccc4[nH]c(C(F)(F)F)c(c34)CC2N(C)C1. The van der Waals surface area contributed by atoms with Crippen molar-refractivity contribution in [2.24, 2.45) is 0 Å². The van der Waals surface area contributed by atoms with Crippen molar-refractivity contribution < 1.29 is 31.1 Å². The van der Waals surface area contributed by atoms with Gasteiger partial charge >= 0.3 is 18.4 Å². The van der Waals surface area contributed by atoms with E-state index in [0.29, 0.717) is 28.8 Å². The summed E-state index contributed by atoms with van der Waals surface area (Å²) in [7, 11) is 1.77. The minimum absolute atomic E-state index is 0.0911. The number of piperidine rings is 1. The summed E-state index contributed by atoms with van der Waals surface area (Å²) in [5.41, 5.74) is 0.711. The number of alkyl halides is 6. The van der Waals surface area contributed by atoms with Gasteiger partial charge < -0.3 is 20.1 Å². The molecule has 4 rings (SSSR count). The van der Waals surface area contributed by atoms with Crippen LogP contribution in [-0.2, 0) is 12.6 Å². The molecular formula is C21H24F6N4O. The minimum Gasteiger partial charge on any atom is -0.351 e. The van der Waals surface area contributed by atoms with E-state index in [4.69, 9.17) is 0 Å². The Morgan fingerprint density at radius 2 is 1.97 bits per heavy atom. The van der Waals surface area contributed by atoms with Crippen molar-refractivity contribution in [1.29, 1.82) is 0 Å². The second kappa shape index (κ2) is 7.86. The molecule has 2 N–H and O–H groups in total. The van der Waals surface area contributed by atoms with Gasteiger partial charge in [-0.2, -0.15) is 26.3 Å². The van der Waals surface area contributed by atoms with Gasteiger partial charge in [-0.15, -0.1) is 0 Å². The Hall–Kier alpha value is -2.43. The number of nitrogens with one attached hydrogen (secondary N) is 2. The number of hydrogen-bond acceptors (Lipinski definition) is 2. The maximum atomic E-state index is 13.6. The van der Waals surface area contributed by atoms with Crippen molar-refractivity contribution in [2.45, 2.75) is 50.1 Å². The number of nitrogens with zero attached hydrogens (tertiary/aromatic N) is 2. The Morgan fingerprint density at radius 3 is 2.59 bits per heavy atom. The first-order valence-electron chi connectivity index (χ1n) is 10.4. The van der Waals surface area contributed by atoms with Gasteiger partial charge in [0.1, 0.15) is 12.2 Å². The number of halogens is 6. The van der Waals surface area contributed by atoms with Gasteiger partial charge in [0.25, 0.3) is 0 Å². The van der Waals surface area contributed by atoms with Crippen molar-refractivity contribution in [3.63, 3.8) is 0 Å². The molecule has 1 aliphatic carbocycles. The maximum Gasteiger partial charge on any atom is 0.431 e. The zero-order valence-electron chi connectivity index (χ0n) is 17.6. The number of likely N-dealkylation sites (tertiary alicyclic amines) is 1. The number of carbonyl (C=O) groups excluding carboxylic acids is 1. The van der Waals surface area contributed by atoms with Gasteiger partial charge in [0.15, 0.2) is 0 Å². The summed E-state index contributed by atoms with van der Waals surface area (Å²) in [6.07, 6.45) is -8.34. The Labute approximate surface area is 180 Å². The zero-order valence-corrected chi connectivity index (χ0v) is 17.6. The number of amides is 2. The predicted octanol–water partition coefficient (Wildman–Crippen LogP) is 4.49. The van der Waals surface area contributed by atoms with Crippen LogP contribution in [0.15, 0.2) is 18.2 Å². The molecule has 0 saturated carbocycles. The molecule has 2 heterocycles. The summed E-state index contributed by atoms with van der Waals surface area (Å²) in [6.45, 7) is 0.387. The standard InChI is InChI=1S/C21H24F6N4O/c1-3-31(10-20(22,23)24)19(32)28-11-7-13-12-5-4-6-15-17(12)14(8-16(13)30(2)9-11)18(29-15)21(25,26)27/h4-6,11,13,16,29H,3,7-10H2,1-2H3,(H,28,32). The molecular weight excluding hydrogens is 438 g/mol. The molecule has 0 spiro atoms. The Balaban J connectivity index is 1.61. The molecule has 3 atom stereocenters. The molecule has 2 aromatic rings. The van der Waals surface area contributed by atoms with Crippen LogP contribution in [-0.4, -0.2) is 65.8 Å². The fourth-order valence-electron chi connectivity index (χ4n) is 5.19. The molecule has 0 bridgehead atoms. The zero-order chi connectivity index (χ0) is 23.4. The number of hydrogen-bond donors (Lipinski definition) is 2. The van der Waals surface area contributed by atoms with Crippen LogP contribution in [0.5, 0.6) is 0 Å². The van der Waals surface area contributed by atoms with Gasteiger partial charge in [-0.05, 0) is 44.0 Å². The highest BCUT2D eigenvalue weighted by Gasteiger charge is 2.45. The number of urea groups is 1. The van der Waals surface area contributed by atoms with Gasteiger partial charge in [-0.3, -0.25) is 0 Å². The molecule has 32 heavy (non-hydrogen) atoms. The van der Waals surface area contributed by atoms with Crippen molar-refractivity contribution in [2.75, 3.05) is 26.7 Å². The lowest BCUT2D eigenvalue weighted by Gasteiger charge is -2.46. The highest BCUT2D eigenvalue weighted by atomic mass is 19.4. The van der Waals surface area contributed by atoms with Gasteiger partial charge in [-0.1, -0.05) is 12.1 Å². The summed E-state index contributed by atoms with van der Waals surface area (Å²) < 4.78 is 79.1. The first kappa shape index (κ1) is 22.8. The molecule has 1 fully saturated rings. The normalized spacial score (nSPS) is 23.8. The summed E-state index contributed by atoms with van der Waals surface area (Å²) in [5.74, 6) is -0.148. The quantitative estimate of drug-likeness (QED) is 0.661. The van der Waals surface area contributed by atoms with Crippen molar-refractivity contribution in [1.82, 2.24) is 20.1 Å². The fraction of sp³-hybridized carbons (Fsp3) is 0.571. The van der Waals surface area contributed by atoms with Crippen LogP contribution in [0, 0.1) is 0 Å². The second-order valence-electron chi connectivity index (χ2n) is 8.58. The van der Waals surface area contributed by atoms with E-state index in [-0.39, 0.29) is 30.5 Å². The number of rotatable bonds is 3. The van der Waals surface area contributed by atoms with Crippen LogP contribution in [0.25, 0.3) is 10.9 Å². The molecule has 2 amide bonds. The minimum atomic E-state index is -4.50. The molecule has 0 radical (unpaired) electrons. The summed E-state index contributed by atoms with van der Waals surface area (Å²) >= 11 is 0. The third-order valence-corrected chi connectivity index (χ3v) is 6.50. The monoisotopic (exact) mass is 462 g/mol. The van der Waals surface area contributed by atoms with Crippen LogP contribution >= 0.6 is 0 Å². The number of benzene rings is 1. The van der Waals surface area contributed by atoms with Crippen molar-refractivity contribution in [3.8, 4) is 0 Å². The average molecular weight is 462 g/mol. The Kier molecular flexibility index (Phi) is 5.59. The highest BCUT2D eigenvalue weighted by Crippen LogP contribution is 2.47. The van der Waals surface area contributed by atoms with E-state index in [1.165, 1.54) is 6.92 Å². The van der Waals surface area contributed by atoms with Gasteiger partial charge in [0, 0.05) is 42.0 Å². The fourth-order valence-corrected chi connectivity index (χ4v) is 5.19. The van der Waals surface area contributed by atoms with E-state index in [1.807, 2.05) is 4.90 Å². The topological polar surface area (TPSA) is 51.4 Å². The summed E-state index contributed by atoms with van der Waals surface area (Å²) in [6, 6.07) is 3.70. The Morgan fingerprint density at radius 1 is 1.25 bits per heavy atom. The van der Waals surface area contributed by atoms with E-state index >= 15 is 0 Å². The third kappa shape index (κ3) is 4.14. The lowest BCUT2D eigenvalue weighted by molar-refractivity contribution is -0.141. The third-order valence-electron chi connectivity index (χ3n) is 6.50. The van der Waals surface area contributed by atoms with Gasteiger partial charge in [0.05, 0.1) is 0 Å². The summed E-state index contributed by atoms with van der Waals surface area (Å²) in [4.78, 5) is 17.6. The highest BCUT2D eigenvalue weighted by molar-refractivity contribution is 5.90. The Bertz CT molecular complexity index is 1010. The van der Waals surface area contributed by atoms with Crippen molar-refractivity contribution in [3.05, 3.63) is 35.0 Å². The van der Waals surface area contributed by atoms with Gasteiger partial charge in [-0.25, -0.2) is 4.79 Å². The number of aromatic nitrogens is 1. The summed E-state index contributed by atoms with van der Waals surface area (Å²) in [5, 5.41) is 3.26. The van der Waals surface area contributed by atoms with Gasteiger partial charge in [0.2, 0.25) is 0 Å². The molecule has 2 aliphatic rings. The average Bonchev–Trinajstić information content (AvgIpc) is 3.07. The molecule has 1 saturated heterocycles. The molecule has 1 aliphatic heterocycles. The van der Waals surface area contributed by atoms with E-state index in [9.17, 15) is 31.1 Å². The molecule has 1 aromatic carbocycles. The first-order chi connectivity index (χ1) is 14.9. The molecule has 1 aromatic heterocycles. The van der Waals surface area contributed by atoms with Crippen LogP contribution in [0.4, 0.5) is 31.1 Å². The molecule has 11 heteroatoms. The van der Waals surface area contributed by atoms with Crippen LogP contribution < -0.4 is 5.32 Å². The first-order valence-corrected chi connectivity index (χ1v) is 10.4. The molecule has 5 nitrogen and oxygen atoms in total. The largest absolute Gasteiger partial charge is 0.431 e. The lowest BCUT2D eigenvalue weighted by atomic mass is 9.73. The number of fused-ring (bicyclic) bond motifs is 2. The van der Waals surface area contributed by atoms with E-state index < -0.39 is 36.7 Å². The van der Waals surface area contributed by atoms with E-state index in [0.717, 1.165) is 5.56 Å².